The molecular formula is C60H119N2O6P. The van der Waals surface area contributed by atoms with E-state index in [2.05, 4.69) is 31.3 Å². The summed E-state index contributed by atoms with van der Waals surface area (Å²) >= 11 is 0. The smallest absolute Gasteiger partial charge is 0.268 e. The SMILES string of the molecule is CCCCCC/C=C/CC/C=C/C(O)C(COP(=O)([O-])OCC[N+](C)(C)C)NC(=O)CCCCCCCCCCCCCCCCCCCCCCCCCCCCCCCCCCCCCCC. The van der Waals surface area contributed by atoms with Gasteiger partial charge in [-0.3, -0.25) is 9.36 Å². The van der Waals surface area contributed by atoms with Crippen LogP contribution in [0.15, 0.2) is 24.3 Å². The van der Waals surface area contributed by atoms with E-state index in [4.69, 9.17) is 9.05 Å². The molecule has 2 N–H and O–H groups in total. The molecule has 0 saturated heterocycles. The van der Waals surface area contributed by atoms with Crippen molar-refractivity contribution in [3.63, 3.8) is 0 Å². The number of phosphoric acid groups is 1. The average Bonchev–Trinajstić information content (AvgIpc) is 3.31. The minimum atomic E-state index is -4.59. The number of aliphatic hydroxyl groups is 1. The average molecular weight is 996 g/mol. The summed E-state index contributed by atoms with van der Waals surface area (Å²) in [4.78, 5) is 25.4. The minimum Gasteiger partial charge on any atom is -0.756 e. The normalized spacial score (nSPS) is 14.0. The monoisotopic (exact) mass is 995 g/mol. The second kappa shape index (κ2) is 51.9. The van der Waals surface area contributed by atoms with E-state index in [1.807, 2.05) is 27.2 Å². The lowest BCUT2D eigenvalue weighted by Gasteiger charge is -2.29. The maximum Gasteiger partial charge on any atom is 0.268 e. The van der Waals surface area contributed by atoms with Crippen LogP contribution >= 0.6 is 7.82 Å². The molecule has 0 spiro atoms. The van der Waals surface area contributed by atoms with Gasteiger partial charge in [0.15, 0.2) is 0 Å². The fraction of sp³-hybridized carbons (Fsp3) is 0.917. The lowest BCUT2D eigenvalue weighted by atomic mass is 10.0. The maximum atomic E-state index is 12.9. The van der Waals surface area contributed by atoms with Gasteiger partial charge in [-0.25, -0.2) is 0 Å². The Morgan fingerprint density at radius 3 is 1.17 bits per heavy atom. The van der Waals surface area contributed by atoms with Crippen LogP contribution < -0.4 is 10.2 Å². The standard InChI is InChI=1S/C60H119N2O6P/c1-6-8-10-12-14-16-18-19-20-21-22-23-24-25-26-27-28-29-30-31-32-33-34-35-36-37-38-39-40-41-42-43-44-46-48-50-52-54-60(64)61-58(57-68-69(65,66)67-56-55-62(3,4)5)59(63)53-51-49-47-45-17-15-13-11-9-7-2/h17,45,51,53,58-59,63H,6-16,18-44,46-50,52,54-57H2,1-5H3,(H-,61,64,65,66)/b45-17+,53-51+. The molecule has 0 aromatic rings. The fourth-order valence-electron chi connectivity index (χ4n) is 9.17. The van der Waals surface area contributed by atoms with Gasteiger partial charge in [-0.2, -0.15) is 0 Å². The molecule has 3 unspecified atom stereocenters. The van der Waals surface area contributed by atoms with Crippen LogP contribution in [0.4, 0.5) is 0 Å². The van der Waals surface area contributed by atoms with Crippen molar-refractivity contribution in [2.24, 2.45) is 0 Å². The molecule has 0 aromatic heterocycles. The summed E-state index contributed by atoms with van der Waals surface area (Å²) in [6.45, 7) is 4.62. The molecule has 0 bridgehead atoms. The fourth-order valence-corrected chi connectivity index (χ4v) is 9.90. The number of carbonyl (C=O) groups is 1. The predicted octanol–water partition coefficient (Wildman–Crippen LogP) is 17.7. The highest BCUT2D eigenvalue weighted by atomic mass is 31.2. The highest BCUT2D eigenvalue weighted by Crippen LogP contribution is 2.38. The summed E-state index contributed by atoms with van der Waals surface area (Å²) in [5, 5.41) is 13.8. The molecule has 0 radical (unpaired) electrons. The van der Waals surface area contributed by atoms with Crippen LogP contribution in [0.3, 0.4) is 0 Å². The number of likely N-dealkylation sites (N-methyl/N-ethyl adjacent to an activating group) is 1. The molecule has 0 aliphatic heterocycles. The van der Waals surface area contributed by atoms with Crippen LogP contribution in [0, 0.1) is 0 Å². The molecule has 0 saturated carbocycles. The van der Waals surface area contributed by atoms with Crippen LogP contribution in [0.1, 0.15) is 303 Å². The van der Waals surface area contributed by atoms with Gasteiger partial charge < -0.3 is 28.8 Å². The number of hydrogen-bond donors (Lipinski definition) is 2. The van der Waals surface area contributed by atoms with E-state index < -0.39 is 20.0 Å². The number of quaternary nitrogens is 1. The van der Waals surface area contributed by atoms with Gasteiger partial charge in [0.2, 0.25) is 5.91 Å². The molecular weight excluding hydrogens is 876 g/mol. The molecule has 0 heterocycles. The minimum absolute atomic E-state index is 0.00431. The van der Waals surface area contributed by atoms with Gasteiger partial charge in [0.05, 0.1) is 39.9 Å². The highest BCUT2D eigenvalue weighted by molar-refractivity contribution is 7.45. The first-order valence-electron chi connectivity index (χ1n) is 30.2. The quantitative estimate of drug-likeness (QED) is 0.0272. The number of nitrogens with zero attached hydrogens (tertiary/aromatic N) is 1. The summed E-state index contributed by atoms with van der Waals surface area (Å²) in [5.74, 6) is -0.204. The molecule has 410 valence electrons. The zero-order chi connectivity index (χ0) is 50.6. The largest absolute Gasteiger partial charge is 0.756 e. The second-order valence-electron chi connectivity index (χ2n) is 22.1. The number of unbranched alkanes of at least 4 members (excludes halogenated alkanes) is 41. The molecule has 1 amide bonds. The van der Waals surface area contributed by atoms with Crippen LogP contribution in [0.5, 0.6) is 0 Å². The van der Waals surface area contributed by atoms with Crippen molar-refractivity contribution in [3.05, 3.63) is 24.3 Å². The number of phosphoric ester groups is 1. The third-order valence-electron chi connectivity index (χ3n) is 13.9. The third kappa shape index (κ3) is 54.6. The van der Waals surface area contributed by atoms with E-state index in [1.54, 1.807) is 6.08 Å². The second-order valence-corrected chi connectivity index (χ2v) is 23.5. The Bertz CT molecular complexity index is 1170. The number of aliphatic hydroxyl groups excluding tert-OH is 1. The van der Waals surface area contributed by atoms with Gasteiger partial charge >= 0.3 is 0 Å². The molecule has 3 atom stereocenters. The highest BCUT2D eigenvalue weighted by Gasteiger charge is 2.23. The van der Waals surface area contributed by atoms with Crippen molar-refractivity contribution in [3.8, 4) is 0 Å². The zero-order valence-corrected chi connectivity index (χ0v) is 47.7. The third-order valence-corrected chi connectivity index (χ3v) is 14.9. The molecule has 69 heavy (non-hydrogen) atoms. The van der Waals surface area contributed by atoms with Crippen molar-refractivity contribution in [1.82, 2.24) is 5.32 Å². The number of allylic oxidation sites excluding steroid dienone is 3. The van der Waals surface area contributed by atoms with Crippen molar-refractivity contribution >= 4 is 13.7 Å². The van der Waals surface area contributed by atoms with Gasteiger partial charge in [-0.15, -0.1) is 0 Å². The maximum absolute atomic E-state index is 12.9. The van der Waals surface area contributed by atoms with E-state index in [-0.39, 0.29) is 19.1 Å². The first-order valence-corrected chi connectivity index (χ1v) is 31.7. The summed E-state index contributed by atoms with van der Waals surface area (Å²) < 4.78 is 23.2. The number of hydrogen-bond acceptors (Lipinski definition) is 6. The Kier molecular flexibility index (Phi) is 51.1. The lowest BCUT2D eigenvalue weighted by molar-refractivity contribution is -0.870. The van der Waals surface area contributed by atoms with Crippen LogP contribution in [-0.2, 0) is 18.4 Å². The predicted molar refractivity (Wildman–Crippen MR) is 298 cm³/mol. The molecule has 0 rings (SSSR count). The summed E-state index contributed by atoms with van der Waals surface area (Å²) in [6, 6.07) is -0.898. The van der Waals surface area contributed by atoms with Crippen LogP contribution in [0.2, 0.25) is 0 Å². The van der Waals surface area contributed by atoms with Crippen molar-refractivity contribution in [2.75, 3.05) is 40.9 Å². The van der Waals surface area contributed by atoms with E-state index in [9.17, 15) is 19.4 Å². The molecule has 8 nitrogen and oxygen atoms in total. The summed E-state index contributed by atoms with van der Waals surface area (Å²) in [7, 11) is 1.25. The van der Waals surface area contributed by atoms with Crippen LogP contribution in [-0.4, -0.2) is 68.5 Å². The van der Waals surface area contributed by atoms with Gasteiger partial charge in [0, 0.05) is 6.42 Å². The van der Waals surface area contributed by atoms with Crippen LogP contribution in [0.25, 0.3) is 0 Å². The van der Waals surface area contributed by atoms with Gasteiger partial charge in [0.1, 0.15) is 13.2 Å². The first-order chi connectivity index (χ1) is 33.5. The number of carbonyl (C=O) groups excluding carboxylic acids is 1. The van der Waals surface area contributed by atoms with E-state index in [0.29, 0.717) is 17.4 Å². The zero-order valence-electron chi connectivity index (χ0n) is 46.8. The van der Waals surface area contributed by atoms with Gasteiger partial charge in [0.25, 0.3) is 7.82 Å². The Morgan fingerprint density at radius 1 is 0.493 bits per heavy atom. The number of rotatable bonds is 56. The Balaban J connectivity index is 3.82. The Labute approximate surface area is 430 Å². The number of nitrogens with one attached hydrogen (secondary N) is 1. The summed E-state index contributed by atoms with van der Waals surface area (Å²) in [6.07, 6.45) is 66.0. The topological polar surface area (TPSA) is 108 Å². The van der Waals surface area contributed by atoms with E-state index in [0.717, 1.165) is 38.5 Å². The van der Waals surface area contributed by atoms with Crippen molar-refractivity contribution < 1.29 is 32.9 Å². The van der Waals surface area contributed by atoms with Crippen molar-refractivity contribution in [1.29, 1.82) is 0 Å². The molecule has 9 heteroatoms. The van der Waals surface area contributed by atoms with E-state index in [1.165, 1.54) is 244 Å². The van der Waals surface area contributed by atoms with Gasteiger partial charge in [-0.1, -0.05) is 289 Å². The van der Waals surface area contributed by atoms with E-state index >= 15 is 0 Å². The molecule has 0 aliphatic rings. The summed E-state index contributed by atoms with van der Waals surface area (Å²) in [5.41, 5.74) is 0. The lowest BCUT2D eigenvalue weighted by Crippen LogP contribution is -2.45. The molecule has 0 fully saturated rings. The number of amides is 1. The van der Waals surface area contributed by atoms with Gasteiger partial charge in [-0.05, 0) is 32.1 Å². The Morgan fingerprint density at radius 2 is 0.812 bits per heavy atom. The molecule has 0 aromatic carbocycles. The Hall–Kier alpha value is -1.02. The van der Waals surface area contributed by atoms with Crippen molar-refractivity contribution in [2.45, 2.75) is 315 Å². The molecule has 0 aliphatic carbocycles. The first kappa shape index (κ1) is 68.0.